The van der Waals surface area contributed by atoms with Gasteiger partial charge in [0.05, 0.1) is 5.75 Å². The second-order valence-corrected chi connectivity index (χ2v) is 7.04. The van der Waals surface area contributed by atoms with Crippen molar-refractivity contribution in [3.8, 4) is 0 Å². The molecule has 108 valence electrons. The molecule has 0 unspecified atom stereocenters. The highest BCUT2D eigenvalue weighted by molar-refractivity contribution is 7.99. The largest absolute Gasteiger partial charge is 0.480 e. The Kier molecular flexibility index (Phi) is 5.37. The molecule has 6 nitrogen and oxygen atoms in total. The van der Waals surface area contributed by atoms with E-state index in [0.29, 0.717) is 23.4 Å². The summed E-state index contributed by atoms with van der Waals surface area (Å²) in [6.45, 7) is 7.75. The minimum Gasteiger partial charge on any atom is -0.480 e. The molecule has 1 rings (SSSR count). The van der Waals surface area contributed by atoms with Gasteiger partial charge in [-0.3, -0.25) is 4.79 Å². The number of aliphatic carboxylic acids is 1. The Labute approximate surface area is 117 Å². The van der Waals surface area contributed by atoms with Gasteiger partial charge in [-0.05, 0) is 19.8 Å². The molecule has 3 N–H and O–H groups in total. The molecular formula is C12H21N3O3S. The lowest BCUT2D eigenvalue weighted by molar-refractivity contribution is -0.139. The Bertz CT molecular complexity index is 432. The van der Waals surface area contributed by atoms with Gasteiger partial charge in [0.15, 0.2) is 5.82 Å². The average Bonchev–Trinajstić information content (AvgIpc) is 2.72. The Morgan fingerprint density at radius 3 is 2.68 bits per heavy atom. The number of carbonyl (C=O) groups is 1. The van der Waals surface area contributed by atoms with E-state index in [-0.39, 0.29) is 0 Å². The van der Waals surface area contributed by atoms with E-state index in [1.807, 2.05) is 0 Å². The standard InChI is InChI=1S/C12H21N3O3S/c1-7(2)5-8-14-9(18-15-8)6-19-12(3,4)10(13)11(16)17/h7,10H,5-6,13H2,1-4H3,(H,16,17)/t10-/m0/s1. The summed E-state index contributed by atoms with van der Waals surface area (Å²) < 4.78 is 4.53. The number of hydrogen-bond acceptors (Lipinski definition) is 6. The van der Waals surface area contributed by atoms with E-state index in [1.165, 1.54) is 11.8 Å². The fourth-order valence-electron chi connectivity index (χ4n) is 1.43. The fraction of sp³-hybridized carbons (Fsp3) is 0.750. The van der Waals surface area contributed by atoms with Crippen LogP contribution in [0.15, 0.2) is 4.52 Å². The Balaban J connectivity index is 2.56. The smallest absolute Gasteiger partial charge is 0.321 e. The summed E-state index contributed by atoms with van der Waals surface area (Å²) in [7, 11) is 0. The third-order valence-electron chi connectivity index (χ3n) is 2.68. The van der Waals surface area contributed by atoms with Gasteiger partial charge in [0, 0.05) is 11.2 Å². The minimum atomic E-state index is -1.01. The van der Waals surface area contributed by atoms with E-state index < -0.39 is 16.8 Å². The van der Waals surface area contributed by atoms with Crippen molar-refractivity contribution in [2.24, 2.45) is 11.7 Å². The van der Waals surface area contributed by atoms with Crippen LogP contribution >= 0.6 is 11.8 Å². The van der Waals surface area contributed by atoms with Crippen LogP contribution in [0.4, 0.5) is 0 Å². The van der Waals surface area contributed by atoms with Gasteiger partial charge >= 0.3 is 5.97 Å². The van der Waals surface area contributed by atoms with Gasteiger partial charge in [-0.1, -0.05) is 19.0 Å². The van der Waals surface area contributed by atoms with Crippen LogP contribution in [0, 0.1) is 5.92 Å². The topological polar surface area (TPSA) is 102 Å². The number of hydrogen-bond donors (Lipinski definition) is 2. The first-order valence-electron chi connectivity index (χ1n) is 6.16. The summed E-state index contributed by atoms with van der Waals surface area (Å²) in [5.41, 5.74) is 5.64. The predicted octanol–water partition coefficient (Wildman–Crippen LogP) is 1.69. The van der Waals surface area contributed by atoms with Gasteiger partial charge < -0.3 is 15.4 Å². The van der Waals surface area contributed by atoms with Gasteiger partial charge in [0.2, 0.25) is 5.89 Å². The summed E-state index contributed by atoms with van der Waals surface area (Å²) in [5, 5.41) is 12.8. The molecule has 0 saturated carbocycles. The summed E-state index contributed by atoms with van der Waals surface area (Å²) in [6, 6.07) is -0.935. The maximum atomic E-state index is 10.9. The highest BCUT2D eigenvalue weighted by Crippen LogP contribution is 2.30. The zero-order valence-electron chi connectivity index (χ0n) is 11.7. The van der Waals surface area contributed by atoms with Crippen LogP contribution in [0.5, 0.6) is 0 Å². The summed E-state index contributed by atoms with van der Waals surface area (Å²) in [5.74, 6) is 1.11. The maximum absolute atomic E-state index is 10.9. The van der Waals surface area contributed by atoms with Crippen LogP contribution in [-0.2, 0) is 17.0 Å². The minimum absolute atomic E-state index is 0.457. The van der Waals surface area contributed by atoms with Crippen LogP contribution in [0.1, 0.15) is 39.4 Å². The molecule has 1 heterocycles. The van der Waals surface area contributed by atoms with Gasteiger partial charge in [0.1, 0.15) is 6.04 Å². The zero-order valence-corrected chi connectivity index (χ0v) is 12.5. The van der Waals surface area contributed by atoms with Crippen molar-refractivity contribution in [2.75, 3.05) is 0 Å². The van der Waals surface area contributed by atoms with E-state index >= 15 is 0 Å². The third kappa shape index (κ3) is 4.83. The molecular weight excluding hydrogens is 266 g/mol. The lowest BCUT2D eigenvalue weighted by Gasteiger charge is -2.27. The molecule has 1 aromatic heterocycles. The van der Waals surface area contributed by atoms with Gasteiger partial charge in [-0.25, -0.2) is 0 Å². The first kappa shape index (κ1) is 16.0. The number of rotatable bonds is 7. The van der Waals surface area contributed by atoms with Gasteiger partial charge in [0.25, 0.3) is 0 Å². The van der Waals surface area contributed by atoms with Crippen LogP contribution in [0.25, 0.3) is 0 Å². The first-order valence-corrected chi connectivity index (χ1v) is 7.14. The first-order chi connectivity index (χ1) is 8.72. The highest BCUT2D eigenvalue weighted by Gasteiger charge is 2.33. The van der Waals surface area contributed by atoms with Gasteiger partial charge in [-0.2, -0.15) is 4.98 Å². The van der Waals surface area contributed by atoms with E-state index in [9.17, 15) is 4.79 Å². The molecule has 0 aliphatic carbocycles. The molecule has 0 fully saturated rings. The fourth-order valence-corrected chi connectivity index (χ4v) is 2.32. The lowest BCUT2D eigenvalue weighted by atomic mass is 10.1. The summed E-state index contributed by atoms with van der Waals surface area (Å²) in [4.78, 5) is 15.2. The molecule has 0 aromatic carbocycles. The van der Waals surface area contributed by atoms with Crippen LogP contribution < -0.4 is 5.73 Å². The molecule has 1 atom stereocenters. The second-order valence-electron chi connectivity index (χ2n) is 5.41. The van der Waals surface area contributed by atoms with Crippen LogP contribution in [0.2, 0.25) is 0 Å². The molecule has 0 aliphatic rings. The second kappa shape index (κ2) is 6.38. The molecule has 1 aromatic rings. The molecule has 0 bridgehead atoms. The number of carboxylic acids is 1. The summed E-state index contributed by atoms with van der Waals surface area (Å²) >= 11 is 1.40. The van der Waals surface area contributed by atoms with E-state index in [2.05, 4.69) is 24.0 Å². The van der Waals surface area contributed by atoms with Crippen molar-refractivity contribution in [3.63, 3.8) is 0 Å². The van der Waals surface area contributed by atoms with E-state index in [0.717, 1.165) is 6.42 Å². The molecule has 0 spiro atoms. The Morgan fingerprint density at radius 1 is 1.53 bits per heavy atom. The van der Waals surface area contributed by atoms with Crippen molar-refractivity contribution >= 4 is 17.7 Å². The van der Waals surface area contributed by atoms with Gasteiger partial charge in [-0.15, -0.1) is 11.8 Å². The number of nitrogens with zero attached hydrogens (tertiary/aromatic N) is 2. The number of aromatic nitrogens is 2. The Morgan fingerprint density at radius 2 is 2.16 bits per heavy atom. The van der Waals surface area contributed by atoms with Crippen LogP contribution in [-0.4, -0.2) is 32.0 Å². The molecule has 0 radical (unpaired) electrons. The number of thioether (sulfide) groups is 1. The van der Waals surface area contributed by atoms with Crippen molar-refractivity contribution < 1.29 is 14.4 Å². The van der Waals surface area contributed by atoms with E-state index in [4.69, 9.17) is 15.4 Å². The summed E-state index contributed by atoms with van der Waals surface area (Å²) in [6.07, 6.45) is 0.770. The third-order valence-corrected chi connectivity index (χ3v) is 4.07. The van der Waals surface area contributed by atoms with Crippen LogP contribution in [0.3, 0.4) is 0 Å². The lowest BCUT2D eigenvalue weighted by Crippen LogP contribution is -2.46. The predicted molar refractivity (Wildman–Crippen MR) is 73.8 cm³/mol. The normalized spacial score (nSPS) is 13.8. The quantitative estimate of drug-likeness (QED) is 0.786. The number of nitrogens with two attached hydrogens (primary N) is 1. The monoisotopic (exact) mass is 287 g/mol. The van der Waals surface area contributed by atoms with Crippen molar-refractivity contribution in [1.29, 1.82) is 0 Å². The number of carboxylic acid groups (broad SMARTS) is 1. The van der Waals surface area contributed by atoms with Crippen molar-refractivity contribution in [2.45, 2.75) is 50.7 Å². The molecule has 0 aliphatic heterocycles. The SMILES string of the molecule is CC(C)Cc1noc(CSC(C)(C)[C@@H](N)C(=O)O)n1. The Hall–Kier alpha value is -1.08. The molecule has 7 heteroatoms. The molecule has 0 saturated heterocycles. The van der Waals surface area contributed by atoms with Crippen molar-refractivity contribution in [1.82, 2.24) is 10.1 Å². The highest BCUT2D eigenvalue weighted by atomic mass is 32.2. The zero-order chi connectivity index (χ0) is 14.6. The van der Waals surface area contributed by atoms with Crippen molar-refractivity contribution in [3.05, 3.63) is 11.7 Å². The molecule has 19 heavy (non-hydrogen) atoms. The average molecular weight is 287 g/mol. The molecule has 0 amide bonds. The maximum Gasteiger partial charge on any atom is 0.321 e. The van der Waals surface area contributed by atoms with E-state index in [1.54, 1.807) is 13.8 Å².